The number of piperidine rings is 1. The molecular formula is C17H18F2N6O2S. The summed E-state index contributed by atoms with van der Waals surface area (Å²) in [5.41, 5.74) is 1.05. The predicted octanol–water partition coefficient (Wildman–Crippen LogP) is 2.40. The number of rotatable bonds is 4. The Hall–Kier alpha value is -2.82. The van der Waals surface area contributed by atoms with Gasteiger partial charge >= 0.3 is 0 Å². The number of nitrogens with zero attached hydrogens (tertiary/aromatic N) is 5. The molecular weight excluding hydrogens is 390 g/mol. The summed E-state index contributed by atoms with van der Waals surface area (Å²) >= 11 is 0. The molecule has 4 rings (SSSR count). The minimum atomic E-state index is -3.96. The Morgan fingerprint density at radius 2 is 1.75 bits per heavy atom. The van der Waals surface area contributed by atoms with Crippen molar-refractivity contribution < 1.29 is 17.2 Å². The van der Waals surface area contributed by atoms with Gasteiger partial charge in [-0.25, -0.2) is 27.2 Å². The fourth-order valence-corrected chi connectivity index (χ4v) is 4.04. The smallest absolute Gasteiger partial charge is 0.266 e. The van der Waals surface area contributed by atoms with E-state index in [0.29, 0.717) is 11.0 Å². The third-order valence-electron chi connectivity index (χ3n) is 4.57. The molecule has 1 aliphatic heterocycles. The first kappa shape index (κ1) is 18.5. The normalized spacial score (nSPS) is 17.0. The third kappa shape index (κ3) is 3.61. The van der Waals surface area contributed by atoms with Gasteiger partial charge in [-0.15, -0.1) is 0 Å². The average molecular weight is 408 g/mol. The van der Waals surface area contributed by atoms with E-state index in [1.165, 1.54) is 17.1 Å². The van der Waals surface area contributed by atoms with E-state index >= 15 is 0 Å². The van der Waals surface area contributed by atoms with Crippen LogP contribution in [0.2, 0.25) is 0 Å². The molecule has 1 fully saturated rings. The summed E-state index contributed by atoms with van der Waals surface area (Å²) in [5, 5.41) is 3.87. The molecule has 1 N–H and O–H groups in total. The first-order valence-electron chi connectivity index (χ1n) is 8.65. The van der Waals surface area contributed by atoms with Crippen LogP contribution in [-0.4, -0.2) is 47.2 Å². The second-order valence-corrected chi connectivity index (χ2v) is 8.37. The monoisotopic (exact) mass is 408 g/mol. The van der Waals surface area contributed by atoms with E-state index in [1.54, 1.807) is 36.2 Å². The zero-order valence-electron chi connectivity index (χ0n) is 15.0. The van der Waals surface area contributed by atoms with Gasteiger partial charge in [-0.2, -0.15) is 5.10 Å². The Labute approximate surface area is 160 Å². The summed E-state index contributed by atoms with van der Waals surface area (Å²) in [6.07, 6.45) is 1.93. The summed E-state index contributed by atoms with van der Waals surface area (Å²) in [6, 6.07) is 6.99. The first-order valence-corrected chi connectivity index (χ1v) is 10.1. The Morgan fingerprint density at radius 3 is 2.36 bits per heavy atom. The third-order valence-corrected chi connectivity index (χ3v) is 5.86. The van der Waals surface area contributed by atoms with E-state index in [4.69, 9.17) is 0 Å². The molecule has 0 radical (unpaired) electrons. The number of alkyl halides is 2. The van der Waals surface area contributed by atoms with Crippen LogP contribution in [0.1, 0.15) is 12.8 Å². The Kier molecular flexibility index (Phi) is 4.41. The zero-order chi connectivity index (χ0) is 19.9. The molecule has 0 atom stereocenters. The van der Waals surface area contributed by atoms with E-state index in [9.17, 15) is 17.2 Å². The van der Waals surface area contributed by atoms with E-state index < -0.39 is 15.9 Å². The molecule has 148 valence electrons. The quantitative estimate of drug-likeness (QED) is 0.713. The molecule has 11 heteroatoms. The Bertz CT molecular complexity index is 1120. The highest BCUT2D eigenvalue weighted by Crippen LogP contribution is 2.33. The van der Waals surface area contributed by atoms with Crippen LogP contribution in [0.4, 0.5) is 20.4 Å². The standard InChI is InChI=1S/C17H18F2N6O2S/c1-24-11-12(10-20-24)28(26,27)23-15-16(25-8-6-17(18,19)7-9-25)22-14-5-3-2-4-13(14)21-15/h2-5,10-11H,6-9H2,1H3,(H,21,23). The van der Waals surface area contributed by atoms with Crippen LogP contribution in [0, 0.1) is 0 Å². The number of para-hydroxylation sites is 2. The largest absolute Gasteiger partial charge is 0.353 e. The van der Waals surface area contributed by atoms with Crippen LogP contribution < -0.4 is 9.62 Å². The molecule has 0 bridgehead atoms. The maximum atomic E-state index is 13.6. The number of aryl methyl sites for hydroxylation is 1. The number of aromatic nitrogens is 4. The van der Waals surface area contributed by atoms with Gasteiger partial charge in [0, 0.05) is 39.2 Å². The lowest BCUT2D eigenvalue weighted by molar-refractivity contribution is -0.0221. The lowest BCUT2D eigenvalue weighted by Gasteiger charge is -2.33. The van der Waals surface area contributed by atoms with Gasteiger partial charge in [0.2, 0.25) is 0 Å². The predicted molar refractivity (Wildman–Crippen MR) is 99.9 cm³/mol. The molecule has 0 unspecified atom stereocenters. The van der Waals surface area contributed by atoms with Gasteiger partial charge in [-0.05, 0) is 12.1 Å². The molecule has 2 aromatic heterocycles. The van der Waals surface area contributed by atoms with Gasteiger partial charge in [0.15, 0.2) is 11.6 Å². The fourth-order valence-electron chi connectivity index (χ4n) is 3.05. The van der Waals surface area contributed by atoms with Crippen molar-refractivity contribution in [3.63, 3.8) is 0 Å². The molecule has 3 aromatic rings. The first-order chi connectivity index (χ1) is 13.2. The SMILES string of the molecule is Cn1cc(S(=O)(=O)Nc2nc3ccccc3nc2N2CCC(F)(F)CC2)cn1. The summed E-state index contributed by atoms with van der Waals surface area (Å²) in [5.74, 6) is -2.48. The summed E-state index contributed by atoms with van der Waals surface area (Å²) in [6.45, 7) is 0.114. The van der Waals surface area contributed by atoms with Crippen LogP contribution in [0.25, 0.3) is 11.0 Å². The van der Waals surface area contributed by atoms with Gasteiger partial charge in [-0.1, -0.05) is 12.1 Å². The Balaban J connectivity index is 1.75. The number of anilines is 2. The van der Waals surface area contributed by atoms with E-state index in [2.05, 4.69) is 19.8 Å². The molecule has 3 heterocycles. The van der Waals surface area contributed by atoms with Crippen LogP contribution in [0.3, 0.4) is 0 Å². The van der Waals surface area contributed by atoms with Gasteiger partial charge in [0.25, 0.3) is 15.9 Å². The van der Waals surface area contributed by atoms with Crippen molar-refractivity contribution in [3.05, 3.63) is 36.7 Å². The lowest BCUT2D eigenvalue weighted by Crippen LogP contribution is -2.40. The second kappa shape index (κ2) is 6.66. The Morgan fingerprint density at radius 1 is 1.11 bits per heavy atom. The molecule has 0 saturated carbocycles. The molecule has 1 aliphatic rings. The maximum Gasteiger partial charge on any atom is 0.266 e. The highest BCUT2D eigenvalue weighted by Gasteiger charge is 2.35. The minimum absolute atomic E-state index is 0.00719. The summed E-state index contributed by atoms with van der Waals surface area (Å²) < 4.78 is 56.4. The van der Waals surface area contributed by atoms with Gasteiger partial charge in [0.05, 0.1) is 17.2 Å². The molecule has 0 spiro atoms. The maximum absolute atomic E-state index is 13.6. The van der Waals surface area contributed by atoms with E-state index in [0.717, 1.165) is 0 Å². The number of hydrogen-bond acceptors (Lipinski definition) is 6. The number of benzene rings is 1. The van der Waals surface area contributed by atoms with Crippen molar-refractivity contribution in [2.75, 3.05) is 22.7 Å². The topological polar surface area (TPSA) is 93.0 Å². The molecule has 0 amide bonds. The van der Waals surface area contributed by atoms with Crippen molar-refractivity contribution in [3.8, 4) is 0 Å². The van der Waals surface area contributed by atoms with Crippen molar-refractivity contribution >= 4 is 32.7 Å². The summed E-state index contributed by atoms with van der Waals surface area (Å²) in [7, 11) is -2.35. The highest BCUT2D eigenvalue weighted by molar-refractivity contribution is 7.92. The number of nitrogens with one attached hydrogen (secondary N) is 1. The highest BCUT2D eigenvalue weighted by atomic mass is 32.2. The van der Waals surface area contributed by atoms with Crippen molar-refractivity contribution in [1.29, 1.82) is 0 Å². The molecule has 8 nitrogen and oxygen atoms in total. The minimum Gasteiger partial charge on any atom is -0.353 e. The van der Waals surface area contributed by atoms with Gasteiger partial charge < -0.3 is 4.90 Å². The zero-order valence-corrected chi connectivity index (χ0v) is 15.8. The second-order valence-electron chi connectivity index (χ2n) is 6.68. The van der Waals surface area contributed by atoms with Crippen LogP contribution in [0.5, 0.6) is 0 Å². The van der Waals surface area contributed by atoms with Crippen molar-refractivity contribution in [2.24, 2.45) is 7.05 Å². The van der Waals surface area contributed by atoms with Crippen LogP contribution in [0.15, 0.2) is 41.6 Å². The average Bonchev–Trinajstić information content (AvgIpc) is 3.08. The van der Waals surface area contributed by atoms with Gasteiger partial charge in [0.1, 0.15) is 4.90 Å². The number of hydrogen-bond donors (Lipinski definition) is 1. The number of sulfonamides is 1. The molecule has 28 heavy (non-hydrogen) atoms. The van der Waals surface area contributed by atoms with Crippen LogP contribution in [-0.2, 0) is 17.1 Å². The van der Waals surface area contributed by atoms with Crippen molar-refractivity contribution in [2.45, 2.75) is 23.7 Å². The van der Waals surface area contributed by atoms with E-state index in [1.807, 2.05) is 0 Å². The van der Waals surface area contributed by atoms with Crippen LogP contribution >= 0.6 is 0 Å². The number of halogens is 2. The lowest BCUT2D eigenvalue weighted by atomic mass is 10.1. The summed E-state index contributed by atoms with van der Waals surface area (Å²) in [4.78, 5) is 10.5. The molecule has 1 saturated heterocycles. The van der Waals surface area contributed by atoms with Gasteiger partial charge in [-0.3, -0.25) is 9.40 Å². The molecule has 0 aliphatic carbocycles. The molecule has 1 aromatic carbocycles. The fraction of sp³-hybridized carbons (Fsp3) is 0.353. The van der Waals surface area contributed by atoms with E-state index in [-0.39, 0.29) is 42.5 Å². The van der Waals surface area contributed by atoms with Crippen molar-refractivity contribution in [1.82, 2.24) is 19.7 Å². The number of fused-ring (bicyclic) bond motifs is 1.